The molecule has 0 bridgehead atoms. The number of nitrogens with zero attached hydrogens (tertiary/aromatic N) is 4. The number of aromatic nitrogens is 1. The molecule has 3 heterocycles. The van der Waals surface area contributed by atoms with E-state index in [1.165, 1.54) is 10.5 Å². The molecule has 0 N–H and O–H groups in total. The molecule has 2 aromatic rings. The third kappa shape index (κ3) is 4.79. The molecule has 0 aliphatic carbocycles. The van der Waals surface area contributed by atoms with Crippen LogP contribution in [0.25, 0.3) is 0 Å². The molecule has 0 saturated carbocycles. The number of urea groups is 1. The molecule has 4 rings (SSSR count). The summed E-state index contributed by atoms with van der Waals surface area (Å²) in [6.45, 7) is 4.79. The van der Waals surface area contributed by atoms with Crippen LogP contribution in [-0.2, 0) is 22.5 Å². The maximum atomic E-state index is 13.7. The number of methoxy groups -OCH3 is 2. The Labute approximate surface area is 201 Å². The van der Waals surface area contributed by atoms with Gasteiger partial charge in [-0.3, -0.25) is 14.7 Å². The first-order chi connectivity index (χ1) is 16.5. The van der Waals surface area contributed by atoms with Crippen LogP contribution in [0.15, 0.2) is 48.8 Å². The topological polar surface area (TPSA) is 75.2 Å². The van der Waals surface area contributed by atoms with Crippen LogP contribution in [0.1, 0.15) is 30.9 Å². The highest BCUT2D eigenvalue weighted by Crippen LogP contribution is 2.38. The number of amides is 3. The smallest absolute Gasteiger partial charge is 0.328 e. The highest BCUT2D eigenvalue weighted by atomic mass is 16.5. The van der Waals surface area contributed by atoms with Crippen molar-refractivity contribution >= 4 is 11.9 Å². The summed E-state index contributed by atoms with van der Waals surface area (Å²) in [5, 5.41) is 0. The molecule has 2 saturated heterocycles. The number of benzene rings is 1. The first-order valence-electron chi connectivity index (χ1n) is 11.9. The van der Waals surface area contributed by atoms with E-state index in [1.807, 2.05) is 24.3 Å². The summed E-state index contributed by atoms with van der Waals surface area (Å²) in [4.78, 5) is 36.7. The minimum atomic E-state index is -0.802. The van der Waals surface area contributed by atoms with Gasteiger partial charge in [0.25, 0.3) is 5.91 Å². The number of piperidine rings is 1. The van der Waals surface area contributed by atoms with Crippen molar-refractivity contribution in [2.24, 2.45) is 0 Å². The van der Waals surface area contributed by atoms with Gasteiger partial charge in [0, 0.05) is 45.2 Å². The summed E-state index contributed by atoms with van der Waals surface area (Å²) in [5.74, 6) is 0.761. The second-order valence-corrected chi connectivity index (χ2v) is 9.15. The van der Waals surface area contributed by atoms with Crippen molar-refractivity contribution in [1.82, 2.24) is 19.7 Å². The van der Waals surface area contributed by atoms with Gasteiger partial charge >= 0.3 is 6.03 Å². The molecule has 0 radical (unpaired) electrons. The van der Waals surface area contributed by atoms with Gasteiger partial charge in [0.05, 0.1) is 20.3 Å². The predicted molar refractivity (Wildman–Crippen MR) is 128 cm³/mol. The van der Waals surface area contributed by atoms with Gasteiger partial charge in [-0.15, -0.1) is 0 Å². The molecule has 34 heavy (non-hydrogen) atoms. The fourth-order valence-corrected chi connectivity index (χ4v) is 5.18. The summed E-state index contributed by atoms with van der Waals surface area (Å²) in [6, 6.07) is 11.9. The lowest BCUT2D eigenvalue weighted by molar-refractivity contribution is -0.136. The van der Waals surface area contributed by atoms with Crippen molar-refractivity contribution in [3.63, 3.8) is 0 Å². The first kappa shape index (κ1) is 24.2. The number of ether oxygens (including phenoxy) is 2. The number of hydrogen-bond donors (Lipinski definition) is 0. The van der Waals surface area contributed by atoms with E-state index in [2.05, 4.69) is 28.9 Å². The normalized spacial score (nSPS) is 19.1. The average Bonchev–Trinajstić information content (AvgIpc) is 3.04. The molecular formula is C26H34N4O4. The second kappa shape index (κ2) is 10.5. The van der Waals surface area contributed by atoms with Crippen LogP contribution in [-0.4, -0.2) is 83.7 Å². The SMILES string of the molecule is COCCN1C(=O)N(Cc2cccnc2)C(=O)C12CCN([C@@H](C)Cc1cccc(OC)c1)CC2. The molecule has 1 aromatic carbocycles. The van der Waals surface area contributed by atoms with E-state index in [4.69, 9.17) is 9.47 Å². The van der Waals surface area contributed by atoms with Gasteiger partial charge in [-0.2, -0.15) is 0 Å². The van der Waals surface area contributed by atoms with Crippen LogP contribution in [0.3, 0.4) is 0 Å². The van der Waals surface area contributed by atoms with Crippen molar-refractivity contribution in [2.45, 2.75) is 44.3 Å². The van der Waals surface area contributed by atoms with Crippen molar-refractivity contribution in [3.05, 3.63) is 59.9 Å². The molecule has 8 nitrogen and oxygen atoms in total. The number of imide groups is 1. The molecule has 182 valence electrons. The van der Waals surface area contributed by atoms with E-state index in [9.17, 15) is 9.59 Å². The molecule has 1 spiro atoms. The number of pyridine rings is 1. The van der Waals surface area contributed by atoms with E-state index in [1.54, 1.807) is 31.5 Å². The summed E-state index contributed by atoms with van der Waals surface area (Å²) in [7, 11) is 3.30. The van der Waals surface area contributed by atoms with E-state index < -0.39 is 5.54 Å². The fraction of sp³-hybridized carbons (Fsp3) is 0.500. The van der Waals surface area contributed by atoms with Gasteiger partial charge < -0.3 is 19.3 Å². The minimum absolute atomic E-state index is 0.0995. The number of rotatable bonds is 9. The van der Waals surface area contributed by atoms with Crippen LogP contribution in [0, 0.1) is 0 Å². The molecule has 2 aliphatic heterocycles. The Bertz CT molecular complexity index is 991. The third-order valence-electron chi connectivity index (χ3n) is 7.12. The molecule has 1 atom stereocenters. The highest BCUT2D eigenvalue weighted by molar-refractivity contribution is 6.07. The Balaban J connectivity index is 1.47. The molecule has 3 amide bonds. The monoisotopic (exact) mass is 466 g/mol. The number of carbonyl (C=O) groups excluding carboxylic acids is 2. The van der Waals surface area contributed by atoms with Gasteiger partial charge in [-0.05, 0) is 55.5 Å². The van der Waals surface area contributed by atoms with Gasteiger partial charge in [0.2, 0.25) is 0 Å². The predicted octanol–water partition coefficient (Wildman–Crippen LogP) is 2.97. The van der Waals surface area contributed by atoms with Gasteiger partial charge in [0.1, 0.15) is 11.3 Å². The van der Waals surface area contributed by atoms with E-state index in [0.717, 1.165) is 30.8 Å². The quantitative estimate of drug-likeness (QED) is 0.529. The molecule has 0 unspecified atom stereocenters. The van der Waals surface area contributed by atoms with Crippen LogP contribution in [0.2, 0.25) is 0 Å². The Hall–Kier alpha value is -2.97. The van der Waals surface area contributed by atoms with Crippen molar-refractivity contribution in [1.29, 1.82) is 0 Å². The number of carbonyl (C=O) groups is 2. The zero-order chi connectivity index (χ0) is 24.1. The van der Waals surface area contributed by atoms with Crippen LogP contribution < -0.4 is 4.74 Å². The zero-order valence-corrected chi connectivity index (χ0v) is 20.3. The highest BCUT2D eigenvalue weighted by Gasteiger charge is 2.57. The van der Waals surface area contributed by atoms with Crippen molar-refractivity contribution in [2.75, 3.05) is 40.5 Å². The Morgan fingerprint density at radius 2 is 1.85 bits per heavy atom. The number of hydrogen-bond acceptors (Lipinski definition) is 6. The minimum Gasteiger partial charge on any atom is -0.497 e. The molecular weight excluding hydrogens is 432 g/mol. The zero-order valence-electron chi connectivity index (χ0n) is 20.3. The molecule has 2 aliphatic rings. The average molecular weight is 467 g/mol. The van der Waals surface area contributed by atoms with Gasteiger partial charge in [-0.1, -0.05) is 18.2 Å². The lowest BCUT2D eigenvalue weighted by Gasteiger charge is -2.44. The van der Waals surface area contributed by atoms with E-state index in [0.29, 0.717) is 32.0 Å². The van der Waals surface area contributed by atoms with Crippen LogP contribution in [0.4, 0.5) is 4.79 Å². The fourth-order valence-electron chi connectivity index (χ4n) is 5.18. The third-order valence-corrected chi connectivity index (χ3v) is 7.12. The Morgan fingerprint density at radius 1 is 1.09 bits per heavy atom. The Morgan fingerprint density at radius 3 is 2.53 bits per heavy atom. The number of likely N-dealkylation sites (tertiary alicyclic amines) is 1. The van der Waals surface area contributed by atoms with Gasteiger partial charge in [-0.25, -0.2) is 4.79 Å². The van der Waals surface area contributed by atoms with E-state index >= 15 is 0 Å². The summed E-state index contributed by atoms with van der Waals surface area (Å²) < 4.78 is 10.6. The molecule has 8 heteroatoms. The van der Waals surface area contributed by atoms with E-state index in [-0.39, 0.29) is 18.5 Å². The summed E-state index contributed by atoms with van der Waals surface area (Å²) in [5.41, 5.74) is 1.27. The molecule has 1 aromatic heterocycles. The summed E-state index contributed by atoms with van der Waals surface area (Å²) >= 11 is 0. The van der Waals surface area contributed by atoms with Crippen molar-refractivity contribution in [3.8, 4) is 5.75 Å². The Kier molecular flexibility index (Phi) is 7.48. The largest absolute Gasteiger partial charge is 0.497 e. The maximum absolute atomic E-state index is 13.7. The molecule has 2 fully saturated rings. The lowest BCUT2D eigenvalue weighted by atomic mass is 9.85. The van der Waals surface area contributed by atoms with Gasteiger partial charge in [0.15, 0.2) is 0 Å². The van der Waals surface area contributed by atoms with Crippen LogP contribution in [0.5, 0.6) is 5.75 Å². The van der Waals surface area contributed by atoms with Crippen LogP contribution >= 0.6 is 0 Å². The van der Waals surface area contributed by atoms with Crippen molar-refractivity contribution < 1.29 is 19.1 Å². The first-order valence-corrected chi connectivity index (χ1v) is 11.9. The lowest BCUT2D eigenvalue weighted by Crippen LogP contribution is -2.58. The second-order valence-electron chi connectivity index (χ2n) is 9.15. The standard InChI is InChI=1S/C26H34N4O4/c1-20(16-21-6-4-8-23(17-21)34-3)28-12-9-26(10-13-28)24(31)29(19-22-7-5-11-27-18-22)25(32)30(26)14-15-33-2/h4-8,11,17-18,20H,9-10,12-16,19H2,1-3H3/t20-/m0/s1. The summed E-state index contributed by atoms with van der Waals surface area (Å²) in [6.07, 6.45) is 5.53. The maximum Gasteiger partial charge on any atom is 0.328 e.